The van der Waals surface area contributed by atoms with Crippen LogP contribution < -0.4 is 31.9 Å². The van der Waals surface area contributed by atoms with E-state index in [2.05, 4.69) is 109 Å². The Morgan fingerprint density at radius 1 is 0.789 bits per heavy atom. The Labute approximate surface area is 440 Å². The maximum Gasteiger partial charge on any atom is 0.269 e. The van der Waals surface area contributed by atoms with E-state index in [4.69, 9.17) is 23.7 Å². The molecule has 1 aromatic heterocycles. The predicted octanol–water partition coefficient (Wildman–Crippen LogP) is 9.35. The minimum absolute atomic E-state index is 0. The third-order valence-corrected chi connectivity index (χ3v) is 13.9. The minimum Gasteiger partial charge on any atom is -0.382 e. The average molecular weight is 1110 g/mol. The second kappa shape index (κ2) is 28.4. The number of carbonyl (C=O) groups is 2. The number of thiocarbonyl (C=S) groups is 1. The van der Waals surface area contributed by atoms with Gasteiger partial charge in [-0.1, -0.05) is 46.0 Å². The van der Waals surface area contributed by atoms with E-state index in [-0.39, 0.29) is 44.0 Å². The first kappa shape index (κ1) is 58.0. The molecule has 0 radical (unpaired) electrons. The molecule has 23 heteroatoms. The van der Waals surface area contributed by atoms with Gasteiger partial charge in [-0.05, 0) is 145 Å². The summed E-state index contributed by atoms with van der Waals surface area (Å²) < 4.78 is 0. The predicted molar refractivity (Wildman–Crippen MR) is 305 cm³/mol. The van der Waals surface area contributed by atoms with Crippen molar-refractivity contribution in [1.29, 1.82) is 0 Å². The summed E-state index contributed by atoms with van der Waals surface area (Å²) >= 11 is 10.9. The van der Waals surface area contributed by atoms with Crippen LogP contribution in [-0.4, -0.2) is 124 Å². The Morgan fingerprint density at radius 3 is 1.63 bits per heavy atom. The number of hydrogen-bond donors (Lipinski definition) is 4. The SMILES string of the molecule is CCSC(N)=NC(=S)Nc1ccc(N2CCC(N(C)C)CC2)cc1.CN(C)C1CCN(c2ccc(Nc3nc(N)c(C(=O)c4ccc([N+](=O)[O-])cc4)s3)cc2)CC1.O=C(CBr)c1ccc([N+](=O)[O-])cc1.P. The normalized spacial score (nSPS) is 14.1. The van der Waals surface area contributed by atoms with Crippen LogP contribution >= 0.6 is 61.1 Å². The van der Waals surface area contributed by atoms with Gasteiger partial charge in [0.1, 0.15) is 10.7 Å². The number of nitrogen functional groups attached to an aromatic ring is 1. The number of non-ortho nitro benzene ring substituents is 2. The number of aromatic nitrogens is 1. The Balaban J connectivity index is 0.000000252. The van der Waals surface area contributed by atoms with E-state index in [0.717, 1.165) is 67.5 Å². The standard InChI is InChI=1S/C23H26N6O3S.C17H27N5S2.C8H6BrNO3.H3P/c1-27(2)17-11-13-28(14-12-17)18-9-5-16(6-10-18)25-23-26-22(24)21(33-23)20(30)15-3-7-19(8-4-15)29(31)32;1-4-24-16(18)20-17(23)19-13-5-7-15(8-6-13)22-11-9-14(10-12-22)21(2)3;9-5-8(11)6-1-3-7(4-2-6)10(12)13;/h3-10,17H,11-14,24H2,1-2H3,(H,25,26);5-8,14H,4,9-12H2,1-3H3,(H3,18,19,20,23);1-4H,5H2;1H3. The molecular formula is C48H62BrN12O6PS3. The number of anilines is 6. The molecule has 2 saturated heterocycles. The van der Waals surface area contributed by atoms with Crippen LogP contribution in [0, 0.1) is 20.2 Å². The first-order valence-corrected chi connectivity index (χ1v) is 25.8. The van der Waals surface area contributed by atoms with Crippen molar-refractivity contribution in [2.45, 2.75) is 44.7 Å². The summed E-state index contributed by atoms with van der Waals surface area (Å²) in [6, 6.07) is 28.8. The van der Waals surface area contributed by atoms with Crippen LogP contribution in [0.25, 0.3) is 0 Å². The van der Waals surface area contributed by atoms with Gasteiger partial charge in [-0.2, -0.15) is 14.9 Å². The second-order valence-corrected chi connectivity index (χ2v) is 19.9. The summed E-state index contributed by atoms with van der Waals surface area (Å²) in [4.78, 5) is 62.1. The lowest BCUT2D eigenvalue weighted by atomic mass is 10.0. The Bertz CT molecular complexity index is 2570. The van der Waals surface area contributed by atoms with E-state index in [1.54, 1.807) is 0 Å². The summed E-state index contributed by atoms with van der Waals surface area (Å²) in [6.07, 6.45) is 4.72. The first-order chi connectivity index (χ1) is 33.5. The summed E-state index contributed by atoms with van der Waals surface area (Å²) in [5.41, 5.74) is 16.7. The van der Waals surface area contributed by atoms with E-state index in [1.165, 1.54) is 84.5 Å². The molecule has 5 aromatic rings. The van der Waals surface area contributed by atoms with E-state index < -0.39 is 9.85 Å². The molecule has 0 spiro atoms. The fourth-order valence-corrected chi connectivity index (χ4v) is 9.52. The highest BCUT2D eigenvalue weighted by atomic mass is 79.9. The number of Topliss-reactive ketones (excluding diaryl/α,β-unsaturated/α-hetero) is 1. The molecule has 18 nitrogen and oxygen atoms in total. The van der Waals surface area contributed by atoms with E-state index in [0.29, 0.717) is 43.5 Å². The van der Waals surface area contributed by atoms with Crippen molar-refractivity contribution >= 4 is 128 Å². The van der Waals surface area contributed by atoms with Crippen LogP contribution in [0.2, 0.25) is 0 Å². The number of nitro benzene ring substituents is 2. The van der Waals surface area contributed by atoms with Crippen molar-refractivity contribution in [2.24, 2.45) is 10.7 Å². The number of rotatable bonds is 14. The molecular weight excluding hydrogens is 1050 g/mol. The van der Waals surface area contributed by atoms with Crippen molar-refractivity contribution in [1.82, 2.24) is 14.8 Å². The van der Waals surface area contributed by atoms with Crippen LogP contribution in [0.5, 0.6) is 0 Å². The molecule has 6 N–H and O–H groups in total. The zero-order chi connectivity index (χ0) is 50.9. The van der Waals surface area contributed by atoms with Crippen molar-refractivity contribution in [3.05, 3.63) is 133 Å². The van der Waals surface area contributed by atoms with Gasteiger partial charge in [-0.15, -0.1) is 0 Å². The molecule has 2 fully saturated rings. The maximum absolute atomic E-state index is 12.8. The van der Waals surface area contributed by atoms with Crippen LogP contribution in [0.15, 0.2) is 102 Å². The highest BCUT2D eigenvalue weighted by Gasteiger charge is 2.23. The molecule has 2 aliphatic heterocycles. The molecule has 0 saturated carbocycles. The lowest BCUT2D eigenvalue weighted by Crippen LogP contribution is -2.41. The number of amidine groups is 1. The van der Waals surface area contributed by atoms with Crippen LogP contribution in [0.1, 0.15) is 58.2 Å². The Morgan fingerprint density at radius 2 is 1.23 bits per heavy atom. The number of nitrogens with two attached hydrogens (primary N) is 2. The fraction of sp³-hybridized carbons (Fsp3) is 0.354. The number of nitrogens with one attached hydrogen (secondary N) is 2. The van der Waals surface area contributed by atoms with Gasteiger partial charge in [-0.25, -0.2) is 4.98 Å². The van der Waals surface area contributed by atoms with Crippen molar-refractivity contribution in [2.75, 3.05) is 91.6 Å². The number of halogens is 1. The molecule has 1 atom stereocenters. The molecule has 1 unspecified atom stereocenters. The van der Waals surface area contributed by atoms with Crippen LogP contribution in [-0.2, 0) is 0 Å². The lowest BCUT2D eigenvalue weighted by molar-refractivity contribution is -0.385. The smallest absolute Gasteiger partial charge is 0.269 e. The van der Waals surface area contributed by atoms with Crippen LogP contribution in [0.4, 0.5) is 45.1 Å². The van der Waals surface area contributed by atoms with E-state index in [1.807, 2.05) is 31.2 Å². The lowest BCUT2D eigenvalue weighted by Gasteiger charge is -2.36. The number of carbonyl (C=O) groups excluding carboxylic acids is 2. The van der Waals surface area contributed by atoms with Gasteiger partial charge < -0.3 is 41.7 Å². The second-order valence-electron chi connectivity index (χ2n) is 16.6. The summed E-state index contributed by atoms with van der Waals surface area (Å²) in [7, 11) is 8.60. The third-order valence-electron chi connectivity index (χ3n) is 11.6. The number of benzene rings is 4. The number of alkyl halides is 1. The number of nitrogens with zero attached hydrogens (tertiary/aromatic N) is 8. The molecule has 71 heavy (non-hydrogen) atoms. The van der Waals surface area contributed by atoms with Gasteiger partial charge >= 0.3 is 0 Å². The van der Waals surface area contributed by atoms with Crippen molar-refractivity contribution in [3.63, 3.8) is 0 Å². The summed E-state index contributed by atoms with van der Waals surface area (Å²) in [5.74, 6) is 0.613. The maximum atomic E-state index is 12.8. The third kappa shape index (κ3) is 17.6. The average Bonchev–Trinajstić information content (AvgIpc) is 3.73. The molecule has 3 heterocycles. The van der Waals surface area contributed by atoms with Crippen molar-refractivity contribution < 1.29 is 19.4 Å². The van der Waals surface area contributed by atoms with E-state index >= 15 is 0 Å². The van der Waals surface area contributed by atoms with E-state index in [9.17, 15) is 29.8 Å². The zero-order valence-electron chi connectivity index (χ0n) is 40.5. The number of aliphatic imine (C=N–C) groups is 1. The molecule has 0 aliphatic carbocycles. The van der Waals surface area contributed by atoms with Gasteiger partial charge in [0.15, 0.2) is 21.2 Å². The molecule has 7 rings (SSSR count). The largest absolute Gasteiger partial charge is 0.382 e. The zero-order valence-corrected chi connectivity index (χ0v) is 45.9. The highest BCUT2D eigenvalue weighted by Crippen LogP contribution is 2.32. The molecule has 4 aromatic carbocycles. The van der Waals surface area contributed by atoms with Gasteiger partial charge in [-0.3, -0.25) is 29.8 Å². The van der Waals surface area contributed by atoms with Gasteiger partial charge in [0.05, 0.1) is 15.2 Å². The van der Waals surface area contributed by atoms with Crippen molar-refractivity contribution in [3.8, 4) is 0 Å². The monoisotopic (exact) mass is 1110 g/mol. The number of hydrogen-bond acceptors (Lipinski definition) is 16. The van der Waals surface area contributed by atoms with Gasteiger partial charge in [0.25, 0.3) is 11.4 Å². The molecule has 0 bridgehead atoms. The topological polar surface area (TPSA) is 235 Å². The Hall–Kier alpha value is -5.61. The number of thioether (sulfide) groups is 1. The Kier molecular flexibility index (Phi) is 23.2. The van der Waals surface area contributed by atoms with Gasteiger partial charge in [0, 0.05) is 96.4 Å². The number of nitro groups is 2. The van der Waals surface area contributed by atoms with Crippen LogP contribution in [0.3, 0.4) is 0 Å². The molecule has 380 valence electrons. The molecule has 2 aliphatic rings. The number of ketones is 2. The summed E-state index contributed by atoms with van der Waals surface area (Å²) in [5, 5.41) is 29.0. The first-order valence-electron chi connectivity index (χ1n) is 22.4. The molecule has 0 amide bonds. The summed E-state index contributed by atoms with van der Waals surface area (Å²) in [6.45, 7) is 6.30. The fourth-order valence-electron chi connectivity index (χ4n) is 7.61. The van der Waals surface area contributed by atoms with Gasteiger partial charge in [0.2, 0.25) is 5.78 Å². The minimum atomic E-state index is -0.506. The number of thiazole rings is 1. The highest BCUT2D eigenvalue weighted by molar-refractivity contribution is 9.09. The quantitative estimate of drug-likeness (QED) is 0.0118. The number of piperidine rings is 2.